The van der Waals surface area contributed by atoms with Gasteiger partial charge >= 0.3 is 0 Å². The van der Waals surface area contributed by atoms with E-state index in [4.69, 9.17) is 0 Å². The lowest BCUT2D eigenvalue weighted by Gasteiger charge is -2.30. The molecule has 0 aliphatic carbocycles. The van der Waals surface area contributed by atoms with E-state index in [1.807, 2.05) is 6.07 Å². The Labute approximate surface area is 134 Å². The summed E-state index contributed by atoms with van der Waals surface area (Å²) < 4.78 is 39.7. The van der Waals surface area contributed by atoms with E-state index >= 15 is 0 Å². The van der Waals surface area contributed by atoms with Gasteiger partial charge in [0.05, 0.1) is 5.75 Å². The Balaban J connectivity index is 1.64. The van der Waals surface area contributed by atoms with Crippen molar-refractivity contribution in [3.63, 3.8) is 0 Å². The van der Waals surface area contributed by atoms with Gasteiger partial charge in [-0.2, -0.15) is 0 Å². The lowest BCUT2D eigenvalue weighted by atomic mass is 9.97. The zero-order valence-corrected chi connectivity index (χ0v) is 13.7. The van der Waals surface area contributed by atoms with Gasteiger partial charge in [0.2, 0.25) is 10.0 Å². The van der Waals surface area contributed by atoms with Crippen LogP contribution in [0.2, 0.25) is 0 Å². The van der Waals surface area contributed by atoms with Crippen molar-refractivity contribution in [2.75, 3.05) is 13.1 Å². The fraction of sp³-hybridized carbons (Fsp3) is 0.375. The molecule has 0 bridgehead atoms. The number of halogens is 1. The van der Waals surface area contributed by atoms with Crippen molar-refractivity contribution in [1.82, 2.24) is 4.31 Å². The monoisotopic (exact) mass is 339 g/mol. The van der Waals surface area contributed by atoms with E-state index in [9.17, 15) is 12.8 Å². The second kappa shape index (κ2) is 6.48. The second-order valence-corrected chi connectivity index (χ2v) is 8.52. The highest BCUT2D eigenvalue weighted by Gasteiger charge is 2.29. The fourth-order valence-electron chi connectivity index (χ4n) is 2.87. The molecule has 2 heterocycles. The van der Waals surface area contributed by atoms with Crippen LogP contribution in [-0.4, -0.2) is 25.8 Å². The highest BCUT2D eigenvalue weighted by Crippen LogP contribution is 2.32. The summed E-state index contributed by atoms with van der Waals surface area (Å²) in [6.45, 7) is 1.08. The second-order valence-electron chi connectivity index (χ2n) is 5.57. The largest absolute Gasteiger partial charge is 0.218 e. The van der Waals surface area contributed by atoms with E-state index in [2.05, 4.69) is 11.4 Å². The minimum Gasteiger partial charge on any atom is -0.212 e. The van der Waals surface area contributed by atoms with Crippen molar-refractivity contribution in [3.8, 4) is 0 Å². The van der Waals surface area contributed by atoms with Crippen LogP contribution in [0.5, 0.6) is 0 Å². The van der Waals surface area contributed by atoms with Gasteiger partial charge in [-0.05, 0) is 47.9 Å². The van der Waals surface area contributed by atoms with Gasteiger partial charge in [0.25, 0.3) is 0 Å². The van der Waals surface area contributed by atoms with Crippen molar-refractivity contribution in [2.45, 2.75) is 24.5 Å². The first-order valence-electron chi connectivity index (χ1n) is 7.30. The summed E-state index contributed by atoms with van der Waals surface area (Å²) in [4.78, 5) is 1.34. The highest BCUT2D eigenvalue weighted by molar-refractivity contribution is 7.88. The minimum absolute atomic E-state index is 0.131. The molecule has 3 rings (SSSR count). The van der Waals surface area contributed by atoms with Crippen LogP contribution in [0.1, 0.15) is 29.2 Å². The van der Waals surface area contributed by atoms with Gasteiger partial charge in [-0.3, -0.25) is 0 Å². The maximum atomic E-state index is 13.2. The van der Waals surface area contributed by atoms with Crippen LogP contribution in [0.25, 0.3) is 0 Å². The quantitative estimate of drug-likeness (QED) is 0.853. The normalized spacial score (nSPS) is 17.7. The lowest BCUT2D eigenvalue weighted by molar-refractivity contribution is 0.321. The van der Waals surface area contributed by atoms with Gasteiger partial charge in [-0.25, -0.2) is 17.1 Å². The van der Waals surface area contributed by atoms with Crippen molar-refractivity contribution in [2.24, 2.45) is 0 Å². The summed E-state index contributed by atoms with van der Waals surface area (Å²) >= 11 is 1.73. The average molecular weight is 339 g/mol. The Bertz CT molecular complexity index is 720. The van der Waals surface area contributed by atoms with Gasteiger partial charge < -0.3 is 0 Å². The molecule has 6 heteroatoms. The Hall–Kier alpha value is -1.24. The maximum absolute atomic E-state index is 13.2. The lowest BCUT2D eigenvalue weighted by Crippen LogP contribution is -2.38. The maximum Gasteiger partial charge on any atom is 0.218 e. The molecular weight excluding hydrogens is 321 g/mol. The third-order valence-electron chi connectivity index (χ3n) is 4.03. The van der Waals surface area contributed by atoms with Gasteiger partial charge in [-0.1, -0.05) is 18.2 Å². The van der Waals surface area contributed by atoms with E-state index in [0.29, 0.717) is 24.6 Å². The van der Waals surface area contributed by atoms with Crippen LogP contribution >= 0.6 is 11.3 Å². The number of piperidine rings is 1. The number of benzene rings is 1. The molecule has 3 nitrogen and oxygen atoms in total. The van der Waals surface area contributed by atoms with Crippen LogP contribution in [0.4, 0.5) is 4.39 Å². The predicted octanol–water partition coefficient (Wildman–Crippen LogP) is 3.60. The molecule has 0 radical (unpaired) electrons. The molecule has 1 fully saturated rings. The number of nitrogens with zero attached hydrogens (tertiary/aromatic N) is 1. The Morgan fingerprint density at radius 3 is 2.59 bits per heavy atom. The average Bonchev–Trinajstić information content (AvgIpc) is 3.01. The SMILES string of the molecule is O=S(=O)(Cc1cccc(F)c1)N1CCC(c2cccs2)CC1. The topological polar surface area (TPSA) is 37.4 Å². The predicted molar refractivity (Wildman–Crippen MR) is 86.9 cm³/mol. The molecule has 0 amide bonds. The van der Waals surface area contributed by atoms with Crippen molar-refractivity contribution in [1.29, 1.82) is 0 Å². The molecule has 0 unspecified atom stereocenters. The third-order valence-corrected chi connectivity index (χ3v) is 6.92. The molecule has 0 atom stereocenters. The number of thiophene rings is 1. The van der Waals surface area contributed by atoms with Crippen LogP contribution in [0, 0.1) is 5.82 Å². The van der Waals surface area contributed by atoms with E-state index in [0.717, 1.165) is 12.8 Å². The fourth-order valence-corrected chi connectivity index (χ4v) is 5.32. The Kier molecular flexibility index (Phi) is 4.61. The Morgan fingerprint density at radius 1 is 1.18 bits per heavy atom. The van der Waals surface area contributed by atoms with Gasteiger partial charge in [0.15, 0.2) is 0 Å². The Morgan fingerprint density at radius 2 is 1.95 bits per heavy atom. The molecule has 1 aromatic heterocycles. The smallest absolute Gasteiger partial charge is 0.212 e. The molecule has 1 saturated heterocycles. The van der Waals surface area contributed by atoms with Crippen LogP contribution in [0.15, 0.2) is 41.8 Å². The van der Waals surface area contributed by atoms with Gasteiger partial charge in [-0.15, -0.1) is 11.3 Å². The summed E-state index contributed by atoms with van der Waals surface area (Å²) in [5, 5.41) is 2.06. The number of hydrogen-bond acceptors (Lipinski definition) is 3. The van der Waals surface area contributed by atoms with Crippen LogP contribution in [0.3, 0.4) is 0 Å². The number of hydrogen-bond donors (Lipinski definition) is 0. The zero-order valence-electron chi connectivity index (χ0n) is 12.1. The number of rotatable bonds is 4. The minimum atomic E-state index is -3.38. The molecule has 2 aromatic rings. The molecule has 1 aliphatic rings. The highest BCUT2D eigenvalue weighted by atomic mass is 32.2. The van der Waals surface area contributed by atoms with Crippen molar-refractivity contribution >= 4 is 21.4 Å². The molecule has 22 heavy (non-hydrogen) atoms. The molecule has 1 aliphatic heterocycles. The van der Waals surface area contributed by atoms with Gasteiger partial charge in [0.1, 0.15) is 5.82 Å². The van der Waals surface area contributed by atoms with Crippen LogP contribution in [-0.2, 0) is 15.8 Å². The van der Waals surface area contributed by atoms with E-state index in [1.54, 1.807) is 27.8 Å². The van der Waals surface area contributed by atoms with Crippen molar-refractivity contribution in [3.05, 3.63) is 58.0 Å². The van der Waals surface area contributed by atoms with E-state index in [-0.39, 0.29) is 5.75 Å². The molecular formula is C16H18FNO2S2. The van der Waals surface area contributed by atoms with Gasteiger partial charge in [0, 0.05) is 18.0 Å². The van der Waals surface area contributed by atoms with E-state index in [1.165, 1.54) is 17.0 Å². The standard InChI is InChI=1S/C16H18FNO2S2/c17-15-4-1-3-13(11-15)12-22(19,20)18-8-6-14(7-9-18)16-5-2-10-21-16/h1-5,10-11,14H,6-9,12H2. The molecule has 1 aromatic carbocycles. The molecule has 0 spiro atoms. The zero-order chi connectivity index (χ0) is 15.6. The summed E-state index contributed by atoms with van der Waals surface area (Å²) in [7, 11) is -3.38. The summed E-state index contributed by atoms with van der Waals surface area (Å²) in [6, 6.07) is 9.96. The van der Waals surface area contributed by atoms with Crippen molar-refractivity contribution < 1.29 is 12.8 Å². The summed E-state index contributed by atoms with van der Waals surface area (Å²) in [5.41, 5.74) is 0.500. The molecule has 118 valence electrons. The first-order chi connectivity index (χ1) is 10.5. The first-order valence-corrected chi connectivity index (χ1v) is 9.79. The first kappa shape index (κ1) is 15.6. The summed E-state index contributed by atoms with van der Waals surface area (Å²) in [5.74, 6) is -0.0706. The summed E-state index contributed by atoms with van der Waals surface area (Å²) in [6.07, 6.45) is 1.70. The van der Waals surface area contributed by atoms with Crippen LogP contribution < -0.4 is 0 Å². The number of sulfonamides is 1. The van der Waals surface area contributed by atoms with E-state index < -0.39 is 15.8 Å². The molecule has 0 saturated carbocycles. The third kappa shape index (κ3) is 3.56. The molecule has 0 N–H and O–H groups in total.